The average Bonchev–Trinajstić information content (AvgIpc) is 2.96. The molecule has 1 aromatic heterocycles. The van der Waals surface area contributed by atoms with Gasteiger partial charge in [0.05, 0.1) is 12.6 Å². The second-order valence-electron chi connectivity index (χ2n) is 4.90. The van der Waals surface area contributed by atoms with Gasteiger partial charge in [-0.1, -0.05) is 48.5 Å². The van der Waals surface area contributed by atoms with Crippen molar-refractivity contribution in [2.45, 2.75) is 12.5 Å². The van der Waals surface area contributed by atoms with Gasteiger partial charge in [-0.15, -0.1) is 0 Å². The van der Waals surface area contributed by atoms with E-state index in [0.717, 1.165) is 16.5 Å². The quantitative estimate of drug-likeness (QED) is 0.690. The Balaban J connectivity index is 1.97. The molecule has 3 rings (SSSR count). The maximum Gasteiger partial charge on any atom is 0.331 e. The first-order valence-electron chi connectivity index (χ1n) is 6.83. The first kappa shape index (κ1) is 13.4. The third-order valence-electron chi connectivity index (χ3n) is 3.50. The van der Waals surface area contributed by atoms with Gasteiger partial charge in [-0.25, -0.2) is 4.79 Å². The van der Waals surface area contributed by atoms with E-state index < -0.39 is 6.04 Å². The van der Waals surface area contributed by atoms with E-state index in [2.05, 4.69) is 5.10 Å². The Kier molecular flexibility index (Phi) is 3.69. The largest absolute Gasteiger partial charge is 0.467 e. The highest BCUT2D eigenvalue weighted by Crippen LogP contribution is 2.19. The third-order valence-corrected chi connectivity index (χ3v) is 3.50. The molecular weight excluding hydrogens is 264 g/mol. The highest BCUT2D eigenvalue weighted by Gasteiger charge is 2.22. The number of hydrogen-bond donors (Lipinski definition) is 0. The molecule has 0 N–H and O–H groups in total. The Bertz CT molecular complexity index is 717. The first-order valence-corrected chi connectivity index (χ1v) is 6.83. The van der Waals surface area contributed by atoms with Gasteiger partial charge in [-0.3, -0.25) is 4.68 Å². The van der Waals surface area contributed by atoms with Crippen molar-refractivity contribution in [1.29, 1.82) is 0 Å². The summed E-state index contributed by atoms with van der Waals surface area (Å²) < 4.78 is 6.63. The van der Waals surface area contributed by atoms with E-state index >= 15 is 0 Å². The van der Waals surface area contributed by atoms with Crippen LogP contribution in [0.5, 0.6) is 0 Å². The molecule has 0 aliphatic rings. The molecule has 0 saturated heterocycles. The van der Waals surface area contributed by atoms with Crippen LogP contribution in [-0.2, 0) is 16.0 Å². The van der Waals surface area contributed by atoms with Crippen LogP contribution in [-0.4, -0.2) is 22.9 Å². The van der Waals surface area contributed by atoms with E-state index in [-0.39, 0.29) is 5.97 Å². The van der Waals surface area contributed by atoms with E-state index in [1.807, 2.05) is 60.8 Å². The Morgan fingerprint density at radius 1 is 1.14 bits per heavy atom. The smallest absolute Gasteiger partial charge is 0.331 e. The highest BCUT2D eigenvalue weighted by molar-refractivity contribution is 5.79. The average molecular weight is 280 g/mol. The summed E-state index contributed by atoms with van der Waals surface area (Å²) in [5.74, 6) is -0.286. The summed E-state index contributed by atoms with van der Waals surface area (Å²) in [6, 6.07) is 17.2. The second kappa shape index (κ2) is 5.79. The van der Waals surface area contributed by atoms with Crippen molar-refractivity contribution in [3.63, 3.8) is 0 Å². The van der Waals surface area contributed by atoms with Crippen molar-refractivity contribution < 1.29 is 9.53 Å². The van der Waals surface area contributed by atoms with Gasteiger partial charge in [-0.2, -0.15) is 5.10 Å². The molecule has 4 heteroatoms. The lowest BCUT2D eigenvalue weighted by Crippen LogP contribution is -2.23. The van der Waals surface area contributed by atoms with E-state index in [1.165, 1.54) is 7.11 Å². The van der Waals surface area contributed by atoms with Crippen LogP contribution in [0.2, 0.25) is 0 Å². The maximum atomic E-state index is 12.1. The number of fused-ring (bicyclic) bond motifs is 1. The van der Waals surface area contributed by atoms with Crippen LogP contribution in [0, 0.1) is 0 Å². The standard InChI is InChI=1S/C17H16N2O2/c1-21-17(20)16(11-13-7-3-2-4-8-13)19-12-14-9-5-6-10-15(14)18-19/h2-10,12,16H,11H2,1H3. The number of methoxy groups -OCH3 is 1. The van der Waals surface area contributed by atoms with Crippen molar-refractivity contribution in [3.05, 3.63) is 66.4 Å². The van der Waals surface area contributed by atoms with Gasteiger partial charge in [0.15, 0.2) is 6.04 Å². The number of nitrogens with zero attached hydrogens (tertiary/aromatic N) is 2. The van der Waals surface area contributed by atoms with Gasteiger partial charge in [0.2, 0.25) is 0 Å². The molecule has 2 aromatic carbocycles. The fourth-order valence-corrected chi connectivity index (χ4v) is 2.40. The van der Waals surface area contributed by atoms with Gasteiger partial charge >= 0.3 is 5.97 Å². The van der Waals surface area contributed by atoms with Gasteiger partial charge in [-0.05, 0) is 11.6 Å². The molecule has 0 amide bonds. The lowest BCUT2D eigenvalue weighted by molar-refractivity contribution is -0.144. The Hall–Kier alpha value is -2.62. The minimum absolute atomic E-state index is 0.286. The minimum atomic E-state index is -0.454. The number of benzene rings is 2. The molecule has 3 aromatic rings. The summed E-state index contributed by atoms with van der Waals surface area (Å²) in [6.45, 7) is 0. The maximum absolute atomic E-state index is 12.1. The topological polar surface area (TPSA) is 44.1 Å². The van der Waals surface area contributed by atoms with Crippen LogP contribution in [0.3, 0.4) is 0 Å². The van der Waals surface area contributed by atoms with Crippen LogP contribution in [0.4, 0.5) is 0 Å². The first-order chi connectivity index (χ1) is 10.3. The predicted octanol–water partition coefficient (Wildman–Crippen LogP) is 2.99. The summed E-state index contributed by atoms with van der Waals surface area (Å²) >= 11 is 0. The van der Waals surface area contributed by atoms with E-state index in [0.29, 0.717) is 6.42 Å². The van der Waals surface area contributed by atoms with Gasteiger partial charge < -0.3 is 4.74 Å². The van der Waals surface area contributed by atoms with Crippen LogP contribution in [0.1, 0.15) is 11.6 Å². The Labute approximate surface area is 123 Å². The Morgan fingerprint density at radius 3 is 2.57 bits per heavy atom. The molecule has 1 atom stereocenters. The number of aromatic nitrogens is 2. The van der Waals surface area contributed by atoms with Crippen LogP contribution < -0.4 is 0 Å². The van der Waals surface area contributed by atoms with Gasteiger partial charge in [0.1, 0.15) is 0 Å². The number of rotatable bonds is 4. The number of esters is 1. The summed E-state index contributed by atoms with van der Waals surface area (Å²) in [7, 11) is 1.41. The van der Waals surface area contributed by atoms with Crippen LogP contribution in [0.15, 0.2) is 60.8 Å². The summed E-state index contributed by atoms with van der Waals surface area (Å²) in [5.41, 5.74) is 1.95. The summed E-state index contributed by atoms with van der Waals surface area (Å²) in [4.78, 5) is 12.1. The zero-order chi connectivity index (χ0) is 14.7. The second-order valence-corrected chi connectivity index (χ2v) is 4.90. The van der Waals surface area contributed by atoms with Crippen molar-refractivity contribution in [2.75, 3.05) is 7.11 Å². The Morgan fingerprint density at radius 2 is 1.86 bits per heavy atom. The van der Waals surface area contributed by atoms with Crippen molar-refractivity contribution in [2.24, 2.45) is 0 Å². The zero-order valence-electron chi connectivity index (χ0n) is 11.8. The minimum Gasteiger partial charge on any atom is -0.467 e. The van der Waals surface area contributed by atoms with Crippen molar-refractivity contribution >= 4 is 16.9 Å². The number of hydrogen-bond acceptors (Lipinski definition) is 3. The highest BCUT2D eigenvalue weighted by atomic mass is 16.5. The monoisotopic (exact) mass is 280 g/mol. The number of carbonyl (C=O) groups is 1. The van der Waals surface area contributed by atoms with E-state index in [1.54, 1.807) is 4.68 Å². The fraction of sp³-hybridized carbons (Fsp3) is 0.176. The predicted molar refractivity (Wildman–Crippen MR) is 80.9 cm³/mol. The molecule has 1 heterocycles. The molecule has 0 radical (unpaired) electrons. The molecule has 4 nitrogen and oxygen atoms in total. The van der Waals surface area contributed by atoms with Crippen LogP contribution in [0.25, 0.3) is 10.9 Å². The van der Waals surface area contributed by atoms with Crippen molar-refractivity contribution in [1.82, 2.24) is 9.78 Å². The molecule has 0 aliphatic heterocycles. The molecule has 0 spiro atoms. The number of carbonyl (C=O) groups excluding carboxylic acids is 1. The molecule has 0 aliphatic carbocycles. The van der Waals surface area contributed by atoms with Gasteiger partial charge in [0, 0.05) is 18.0 Å². The normalized spacial score (nSPS) is 12.2. The molecule has 21 heavy (non-hydrogen) atoms. The molecule has 1 unspecified atom stereocenters. The summed E-state index contributed by atoms with van der Waals surface area (Å²) in [5, 5.41) is 5.51. The SMILES string of the molecule is COC(=O)C(Cc1ccccc1)n1cc2ccccc2n1. The molecular formula is C17H16N2O2. The lowest BCUT2D eigenvalue weighted by Gasteiger charge is -2.15. The van der Waals surface area contributed by atoms with E-state index in [4.69, 9.17) is 4.74 Å². The van der Waals surface area contributed by atoms with Crippen molar-refractivity contribution in [3.8, 4) is 0 Å². The summed E-state index contributed by atoms with van der Waals surface area (Å²) in [6.07, 6.45) is 2.45. The van der Waals surface area contributed by atoms with E-state index in [9.17, 15) is 4.79 Å². The fourth-order valence-electron chi connectivity index (χ4n) is 2.40. The number of ether oxygens (including phenoxy) is 1. The zero-order valence-corrected chi connectivity index (χ0v) is 11.8. The molecule has 0 saturated carbocycles. The molecule has 0 bridgehead atoms. The van der Waals surface area contributed by atoms with Crippen LogP contribution >= 0.6 is 0 Å². The third kappa shape index (κ3) is 2.79. The molecule has 0 fully saturated rings. The lowest BCUT2D eigenvalue weighted by atomic mass is 10.1. The van der Waals surface area contributed by atoms with Gasteiger partial charge in [0.25, 0.3) is 0 Å². The molecule has 106 valence electrons.